The quantitative estimate of drug-likeness (QED) is 0.299. The highest BCUT2D eigenvalue weighted by Gasteiger charge is 2.34. The number of esters is 2. The number of carbonyl (C=O) groups is 2. The summed E-state index contributed by atoms with van der Waals surface area (Å²) in [4.78, 5) is 22.1. The van der Waals surface area contributed by atoms with Crippen molar-refractivity contribution in [1.29, 1.82) is 0 Å². The minimum Gasteiger partial charge on any atom is -0.389 e. The summed E-state index contributed by atoms with van der Waals surface area (Å²) in [6, 6.07) is 0. The maximum Gasteiger partial charge on any atom is 0.342 e. The molecule has 0 aromatic heterocycles. The number of rotatable bonds is 4. The van der Waals surface area contributed by atoms with Crippen LogP contribution < -0.4 is 0 Å². The van der Waals surface area contributed by atoms with Crippen LogP contribution in [-0.4, -0.2) is 11.9 Å². The predicted molar refractivity (Wildman–Crippen MR) is 52.5 cm³/mol. The van der Waals surface area contributed by atoms with Gasteiger partial charge >= 0.3 is 11.9 Å². The fourth-order valence-electron chi connectivity index (χ4n) is 1.45. The van der Waals surface area contributed by atoms with Gasteiger partial charge in [0.05, 0.1) is 5.92 Å². The summed E-state index contributed by atoms with van der Waals surface area (Å²) in [5, 5.41) is 0. The molecule has 1 atom stereocenters. The lowest BCUT2D eigenvalue weighted by Crippen LogP contribution is -2.03. The van der Waals surface area contributed by atoms with Crippen LogP contribution in [0.4, 0.5) is 0 Å². The summed E-state index contributed by atoms with van der Waals surface area (Å²) in [7, 11) is 0. The number of ether oxygens (including phenoxy) is 1. The third-order valence-electron chi connectivity index (χ3n) is 2.42. The molecule has 0 amide bonds. The third kappa shape index (κ3) is 2.44. The summed E-state index contributed by atoms with van der Waals surface area (Å²) in [6.45, 7) is 3.84. The van der Waals surface area contributed by atoms with E-state index in [1.165, 1.54) is 0 Å². The average Bonchev–Trinajstić information content (AvgIpc) is 2.38. The molecular weight excluding hydrogens is 180 g/mol. The molecular formula is C11H16O3. The molecule has 0 aliphatic carbocycles. The molecule has 0 aromatic carbocycles. The molecule has 1 saturated heterocycles. The van der Waals surface area contributed by atoms with Crippen molar-refractivity contribution in [2.24, 2.45) is 5.92 Å². The Morgan fingerprint density at radius 2 is 2.07 bits per heavy atom. The van der Waals surface area contributed by atoms with Gasteiger partial charge in [-0.15, -0.1) is 0 Å². The Hall–Kier alpha value is -1.12. The van der Waals surface area contributed by atoms with Crippen molar-refractivity contribution >= 4 is 11.9 Å². The number of hydrogen-bond acceptors (Lipinski definition) is 3. The first-order valence-electron chi connectivity index (χ1n) is 5.13. The fraction of sp³-hybridized carbons (Fsp3) is 0.636. The molecule has 1 rings (SSSR count). The normalized spacial score (nSPS) is 24.4. The van der Waals surface area contributed by atoms with E-state index >= 15 is 0 Å². The number of cyclic esters (lactones) is 2. The highest BCUT2D eigenvalue weighted by Crippen LogP contribution is 2.22. The number of unbranched alkanes of at least 4 members (excludes halogenated alkanes) is 3. The molecule has 1 fully saturated rings. The van der Waals surface area contributed by atoms with E-state index in [0.29, 0.717) is 5.57 Å². The Morgan fingerprint density at radius 1 is 1.36 bits per heavy atom. The Kier molecular flexibility index (Phi) is 3.86. The van der Waals surface area contributed by atoms with Crippen molar-refractivity contribution in [2.45, 2.75) is 39.5 Å². The molecule has 1 aliphatic rings. The van der Waals surface area contributed by atoms with E-state index in [-0.39, 0.29) is 5.92 Å². The molecule has 3 nitrogen and oxygen atoms in total. The van der Waals surface area contributed by atoms with E-state index in [0.717, 1.165) is 25.7 Å². The van der Waals surface area contributed by atoms with Gasteiger partial charge in [-0.2, -0.15) is 0 Å². The van der Waals surface area contributed by atoms with Gasteiger partial charge in [0.15, 0.2) is 0 Å². The first kappa shape index (κ1) is 11.0. The second-order valence-electron chi connectivity index (χ2n) is 3.59. The van der Waals surface area contributed by atoms with Gasteiger partial charge in [-0.05, 0) is 19.8 Å². The smallest absolute Gasteiger partial charge is 0.342 e. The zero-order valence-electron chi connectivity index (χ0n) is 8.71. The largest absolute Gasteiger partial charge is 0.389 e. The van der Waals surface area contributed by atoms with Gasteiger partial charge in [-0.3, -0.25) is 4.79 Å². The van der Waals surface area contributed by atoms with Crippen molar-refractivity contribution in [2.75, 3.05) is 0 Å². The lowest BCUT2D eigenvalue weighted by molar-refractivity contribution is -0.152. The van der Waals surface area contributed by atoms with Gasteiger partial charge in [-0.1, -0.05) is 25.8 Å². The number of carbonyl (C=O) groups excluding carboxylic acids is 2. The van der Waals surface area contributed by atoms with Crippen LogP contribution in [0.2, 0.25) is 0 Å². The highest BCUT2D eigenvalue weighted by molar-refractivity contribution is 6.07. The third-order valence-corrected chi connectivity index (χ3v) is 2.42. The maximum atomic E-state index is 11.1. The second-order valence-corrected chi connectivity index (χ2v) is 3.59. The summed E-state index contributed by atoms with van der Waals surface area (Å²) in [5.74, 6) is -1.25. The summed E-state index contributed by atoms with van der Waals surface area (Å²) < 4.78 is 4.50. The molecule has 0 radical (unpaired) electrons. The topological polar surface area (TPSA) is 43.4 Å². The van der Waals surface area contributed by atoms with E-state index < -0.39 is 11.9 Å². The summed E-state index contributed by atoms with van der Waals surface area (Å²) in [6.07, 6.45) is 6.07. The predicted octanol–water partition coefficient (Wildman–Crippen LogP) is 2.21. The van der Waals surface area contributed by atoms with Crippen LogP contribution in [0.3, 0.4) is 0 Å². The van der Waals surface area contributed by atoms with Crippen LogP contribution in [0.5, 0.6) is 0 Å². The van der Waals surface area contributed by atoms with Gasteiger partial charge in [-0.25, -0.2) is 4.79 Å². The van der Waals surface area contributed by atoms with E-state index in [1.807, 2.05) is 6.08 Å². The van der Waals surface area contributed by atoms with Crippen molar-refractivity contribution in [1.82, 2.24) is 0 Å². The first-order chi connectivity index (χ1) is 6.66. The highest BCUT2D eigenvalue weighted by atomic mass is 16.6. The van der Waals surface area contributed by atoms with E-state index in [9.17, 15) is 9.59 Å². The van der Waals surface area contributed by atoms with Crippen molar-refractivity contribution < 1.29 is 14.3 Å². The van der Waals surface area contributed by atoms with E-state index in [1.54, 1.807) is 6.92 Å². The second kappa shape index (κ2) is 4.94. The Balaban J connectivity index is 2.50. The average molecular weight is 196 g/mol. The van der Waals surface area contributed by atoms with E-state index in [4.69, 9.17) is 0 Å². The Morgan fingerprint density at radius 3 is 2.57 bits per heavy atom. The van der Waals surface area contributed by atoms with Crippen molar-refractivity contribution in [3.63, 3.8) is 0 Å². The van der Waals surface area contributed by atoms with E-state index in [2.05, 4.69) is 11.7 Å². The minimum atomic E-state index is -0.459. The van der Waals surface area contributed by atoms with Gasteiger partial charge in [0, 0.05) is 5.57 Å². The van der Waals surface area contributed by atoms with Crippen LogP contribution in [0, 0.1) is 5.92 Å². The first-order valence-corrected chi connectivity index (χ1v) is 5.13. The van der Waals surface area contributed by atoms with Gasteiger partial charge < -0.3 is 4.74 Å². The minimum absolute atomic E-state index is 0.371. The molecule has 1 aliphatic heterocycles. The molecule has 0 saturated carbocycles. The number of allylic oxidation sites excluding steroid dienone is 1. The Bertz CT molecular complexity index is 266. The van der Waals surface area contributed by atoms with Gasteiger partial charge in [0.1, 0.15) is 0 Å². The molecule has 0 N–H and O–H groups in total. The summed E-state index contributed by atoms with van der Waals surface area (Å²) in [5.41, 5.74) is 0.533. The zero-order chi connectivity index (χ0) is 10.6. The molecule has 0 spiro atoms. The maximum absolute atomic E-state index is 11.1. The van der Waals surface area contributed by atoms with Crippen molar-refractivity contribution in [3.05, 3.63) is 11.6 Å². The summed E-state index contributed by atoms with van der Waals surface area (Å²) >= 11 is 0. The lowest BCUT2D eigenvalue weighted by Gasteiger charge is -1.97. The van der Waals surface area contributed by atoms with Crippen LogP contribution >= 0.6 is 0 Å². The Labute approximate surface area is 84.1 Å². The molecule has 14 heavy (non-hydrogen) atoms. The molecule has 3 heteroatoms. The fourth-order valence-corrected chi connectivity index (χ4v) is 1.45. The lowest BCUT2D eigenvalue weighted by atomic mass is 10.0. The zero-order valence-corrected chi connectivity index (χ0v) is 8.71. The van der Waals surface area contributed by atoms with Crippen LogP contribution in [0.1, 0.15) is 39.5 Å². The molecule has 0 aromatic rings. The molecule has 0 unspecified atom stereocenters. The standard InChI is InChI=1S/C11H16O3/c1-3-4-5-6-7-9-8(2)10(12)14-11(9)13/h7-8H,3-6H2,1-2H3/b9-7+/t8-/m1/s1. The van der Waals surface area contributed by atoms with Crippen LogP contribution in [0.15, 0.2) is 11.6 Å². The van der Waals surface area contributed by atoms with Crippen molar-refractivity contribution in [3.8, 4) is 0 Å². The number of hydrogen-bond donors (Lipinski definition) is 0. The molecule has 78 valence electrons. The van der Waals surface area contributed by atoms with Crippen LogP contribution in [0.25, 0.3) is 0 Å². The van der Waals surface area contributed by atoms with Gasteiger partial charge in [0.2, 0.25) is 0 Å². The molecule has 1 heterocycles. The van der Waals surface area contributed by atoms with Gasteiger partial charge in [0.25, 0.3) is 0 Å². The van der Waals surface area contributed by atoms with Crippen LogP contribution in [-0.2, 0) is 14.3 Å². The molecule has 0 bridgehead atoms. The monoisotopic (exact) mass is 196 g/mol. The SMILES string of the molecule is CCCCC/C=C1/C(=O)OC(=O)[C@@H]1C.